The van der Waals surface area contributed by atoms with Gasteiger partial charge in [0.25, 0.3) is 0 Å². The van der Waals surface area contributed by atoms with Gasteiger partial charge >= 0.3 is 0 Å². The molecular weight excluding hydrogens is 315 g/mol. The predicted octanol–water partition coefficient (Wildman–Crippen LogP) is 2.49. The molecule has 1 aliphatic heterocycles. The molecule has 0 aliphatic carbocycles. The van der Waals surface area contributed by atoms with Gasteiger partial charge in [-0.05, 0) is 53.6 Å². The maximum Gasteiger partial charge on any atom is 0.0750 e. The number of benzene rings is 1. The minimum Gasteiger partial charge on any atom is -0.399 e. The highest BCUT2D eigenvalue weighted by atomic mass is 127. The summed E-state index contributed by atoms with van der Waals surface area (Å²) < 4.78 is 6.83. The molecule has 1 aromatic carbocycles. The van der Waals surface area contributed by atoms with Crippen LogP contribution in [0.15, 0.2) is 18.2 Å². The Kier molecular flexibility index (Phi) is 3.91. The topological polar surface area (TPSA) is 38.5 Å². The Bertz CT molecular complexity index is 364. The molecule has 16 heavy (non-hydrogen) atoms. The zero-order valence-corrected chi connectivity index (χ0v) is 11.6. The van der Waals surface area contributed by atoms with Crippen LogP contribution in [0.3, 0.4) is 0 Å². The van der Waals surface area contributed by atoms with Crippen LogP contribution >= 0.6 is 22.6 Å². The smallest absolute Gasteiger partial charge is 0.0750 e. The molecule has 3 nitrogen and oxygen atoms in total. The largest absolute Gasteiger partial charge is 0.399 e. The average molecular weight is 332 g/mol. The number of likely N-dealkylation sites (N-methyl/N-ethyl adjacent to an activating group) is 1. The molecule has 2 rings (SSSR count). The first kappa shape index (κ1) is 12.0. The van der Waals surface area contributed by atoms with E-state index in [0.717, 1.165) is 18.8 Å². The lowest BCUT2D eigenvalue weighted by Gasteiger charge is -2.24. The van der Waals surface area contributed by atoms with Crippen molar-refractivity contribution in [2.75, 3.05) is 30.8 Å². The fourth-order valence-corrected chi connectivity index (χ4v) is 2.98. The summed E-state index contributed by atoms with van der Waals surface area (Å²) in [5.41, 5.74) is 7.79. The lowest BCUT2D eigenvalue weighted by atomic mass is 10.2. The van der Waals surface area contributed by atoms with Crippen LogP contribution in [0.2, 0.25) is 0 Å². The summed E-state index contributed by atoms with van der Waals surface area (Å²) in [6, 6.07) is 6.03. The summed E-state index contributed by atoms with van der Waals surface area (Å²) in [6.45, 7) is 1.87. The second-order valence-corrected chi connectivity index (χ2v) is 5.39. The second-order valence-electron chi connectivity index (χ2n) is 4.23. The van der Waals surface area contributed by atoms with Gasteiger partial charge in [0.15, 0.2) is 0 Å². The van der Waals surface area contributed by atoms with Crippen LogP contribution in [0, 0.1) is 3.57 Å². The number of ether oxygens (including phenoxy) is 1. The molecule has 0 radical (unpaired) electrons. The van der Waals surface area contributed by atoms with E-state index in [1.807, 2.05) is 12.1 Å². The molecule has 1 heterocycles. The van der Waals surface area contributed by atoms with Crippen molar-refractivity contribution in [2.45, 2.75) is 18.9 Å². The summed E-state index contributed by atoms with van der Waals surface area (Å²) >= 11 is 2.33. The van der Waals surface area contributed by atoms with Gasteiger partial charge in [-0.3, -0.25) is 0 Å². The van der Waals surface area contributed by atoms with E-state index in [9.17, 15) is 0 Å². The zero-order valence-electron chi connectivity index (χ0n) is 9.45. The highest BCUT2D eigenvalue weighted by Crippen LogP contribution is 2.25. The Hall–Kier alpha value is -0.490. The van der Waals surface area contributed by atoms with Crippen LogP contribution in [-0.4, -0.2) is 26.3 Å². The fourth-order valence-electron chi connectivity index (χ4n) is 2.02. The summed E-state index contributed by atoms with van der Waals surface area (Å²) in [5.74, 6) is 0. The molecule has 0 bridgehead atoms. The number of halogens is 1. The summed E-state index contributed by atoms with van der Waals surface area (Å²) in [5, 5.41) is 0. The third-order valence-corrected chi connectivity index (χ3v) is 3.75. The van der Waals surface area contributed by atoms with Gasteiger partial charge in [-0.2, -0.15) is 0 Å². The van der Waals surface area contributed by atoms with Crippen LogP contribution in [0.25, 0.3) is 0 Å². The van der Waals surface area contributed by atoms with E-state index >= 15 is 0 Å². The van der Waals surface area contributed by atoms with Crippen LogP contribution < -0.4 is 10.6 Å². The first-order chi connectivity index (χ1) is 7.66. The van der Waals surface area contributed by atoms with Crippen molar-refractivity contribution in [3.8, 4) is 0 Å². The first-order valence-corrected chi connectivity index (χ1v) is 6.62. The van der Waals surface area contributed by atoms with E-state index in [1.54, 1.807) is 0 Å². The van der Waals surface area contributed by atoms with Crippen LogP contribution in [0.5, 0.6) is 0 Å². The standard InChI is InChI=1S/C12H17IN2O/c1-15(8-10-3-2-6-16-10)12-5-4-9(14)7-11(12)13/h4-5,7,10H,2-3,6,8,14H2,1H3. The lowest BCUT2D eigenvalue weighted by Crippen LogP contribution is -2.29. The molecule has 1 fully saturated rings. The molecule has 1 unspecified atom stereocenters. The van der Waals surface area contributed by atoms with E-state index in [4.69, 9.17) is 10.5 Å². The van der Waals surface area contributed by atoms with Crippen molar-refractivity contribution in [2.24, 2.45) is 0 Å². The van der Waals surface area contributed by atoms with Gasteiger partial charge in [-0.15, -0.1) is 0 Å². The molecule has 1 atom stereocenters. The maximum absolute atomic E-state index is 5.74. The van der Waals surface area contributed by atoms with Gasteiger partial charge in [-0.25, -0.2) is 0 Å². The van der Waals surface area contributed by atoms with E-state index < -0.39 is 0 Å². The van der Waals surface area contributed by atoms with Gasteiger partial charge in [0, 0.05) is 29.5 Å². The van der Waals surface area contributed by atoms with Gasteiger partial charge in [0.2, 0.25) is 0 Å². The molecular formula is C12H17IN2O. The first-order valence-electron chi connectivity index (χ1n) is 5.54. The second kappa shape index (κ2) is 5.23. The molecule has 1 saturated heterocycles. The molecule has 1 aromatic rings. The Labute approximate surface area is 110 Å². The third-order valence-electron chi connectivity index (χ3n) is 2.88. The van der Waals surface area contributed by atoms with Crippen molar-refractivity contribution < 1.29 is 4.74 Å². The highest BCUT2D eigenvalue weighted by molar-refractivity contribution is 14.1. The normalized spacial score (nSPS) is 20.0. The summed E-state index contributed by atoms with van der Waals surface area (Å²) in [4.78, 5) is 2.25. The van der Waals surface area contributed by atoms with Gasteiger partial charge < -0.3 is 15.4 Å². The number of nitrogen functional groups attached to an aromatic ring is 1. The minimum atomic E-state index is 0.387. The molecule has 88 valence electrons. The molecule has 0 spiro atoms. The number of hydrogen-bond acceptors (Lipinski definition) is 3. The lowest BCUT2D eigenvalue weighted by molar-refractivity contribution is 0.116. The van der Waals surface area contributed by atoms with Crippen LogP contribution in [0.4, 0.5) is 11.4 Å². The van der Waals surface area contributed by atoms with Crippen LogP contribution in [0.1, 0.15) is 12.8 Å². The van der Waals surface area contributed by atoms with Crippen molar-refractivity contribution >= 4 is 34.0 Å². The zero-order chi connectivity index (χ0) is 11.5. The van der Waals surface area contributed by atoms with Gasteiger partial charge in [-0.1, -0.05) is 0 Å². The Morgan fingerprint density at radius 1 is 1.56 bits per heavy atom. The van der Waals surface area contributed by atoms with Crippen molar-refractivity contribution in [1.29, 1.82) is 0 Å². The van der Waals surface area contributed by atoms with E-state index in [0.29, 0.717) is 6.10 Å². The third kappa shape index (κ3) is 2.79. The Morgan fingerprint density at radius 3 is 3.00 bits per heavy atom. The monoisotopic (exact) mass is 332 g/mol. The number of rotatable bonds is 3. The van der Waals surface area contributed by atoms with E-state index in [-0.39, 0.29) is 0 Å². The predicted molar refractivity (Wildman–Crippen MR) is 75.8 cm³/mol. The molecule has 0 amide bonds. The average Bonchev–Trinajstić information content (AvgIpc) is 2.70. The number of hydrogen-bond donors (Lipinski definition) is 1. The minimum absolute atomic E-state index is 0.387. The number of nitrogens with two attached hydrogens (primary N) is 1. The van der Waals surface area contributed by atoms with Crippen molar-refractivity contribution in [3.05, 3.63) is 21.8 Å². The number of anilines is 2. The van der Waals surface area contributed by atoms with Gasteiger partial charge in [0.1, 0.15) is 0 Å². The Balaban J connectivity index is 2.04. The fraction of sp³-hybridized carbons (Fsp3) is 0.500. The molecule has 0 saturated carbocycles. The Morgan fingerprint density at radius 2 is 2.38 bits per heavy atom. The molecule has 4 heteroatoms. The summed E-state index contributed by atoms with van der Waals surface area (Å²) in [6.07, 6.45) is 2.76. The van der Waals surface area contributed by atoms with Crippen molar-refractivity contribution in [3.63, 3.8) is 0 Å². The molecule has 2 N–H and O–H groups in total. The van der Waals surface area contributed by atoms with E-state index in [2.05, 4.69) is 40.6 Å². The van der Waals surface area contributed by atoms with E-state index in [1.165, 1.54) is 22.1 Å². The molecule has 0 aromatic heterocycles. The highest BCUT2D eigenvalue weighted by Gasteiger charge is 2.18. The van der Waals surface area contributed by atoms with Gasteiger partial charge in [0.05, 0.1) is 11.8 Å². The maximum atomic E-state index is 5.74. The summed E-state index contributed by atoms with van der Waals surface area (Å²) in [7, 11) is 2.11. The van der Waals surface area contributed by atoms with Crippen LogP contribution in [-0.2, 0) is 4.74 Å². The number of nitrogens with zero attached hydrogens (tertiary/aromatic N) is 1. The quantitative estimate of drug-likeness (QED) is 0.683. The molecule has 1 aliphatic rings. The SMILES string of the molecule is CN(CC1CCCO1)c1ccc(N)cc1I. The van der Waals surface area contributed by atoms with Crippen molar-refractivity contribution in [1.82, 2.24) is 0 Å².